The first-order chi connectivity index (χ1) is 7.17. The van der Waals surface area contributed by atoms with E-state index in [0.717, 1.165) is 9.47 Å². The highest BCUT2D eigenvalue weighted by Gasteiger charge is 2.09. The summed E-state index contributed by atoms with van der Waals surface area (Å²) in [6.45, 7) is 0. The van der Waals surface area contributed by atoms with E-state index in [4.69, 9.17) is 5.26 Å². The lowest BCUT2D eigenvalue weighted by molar-refractivity contribution is 0.749. The maximum absolute atomic E-state index is 8.73. The number of rotatable bonds is 5. The van der Waals surface area contributed by atoms with E-state index in [-0.39, 0.29) is 6.04 Å². The third-order valence-electron chi connectivity index (χ3n) is 1.66. The van der Waals surface area contributed by atoms with Gasteiger partial charge < -0.3 is 10.2 Å². The molecule has 0 amide bonds. The van der Waals surface area contributed by atoms with Crippen LogP contribution in [0.15, 0.2) is 4.34 Å². The van der Waals surface area contributed by atoms with Gasteiger partial charge in [-0.25, -0.2) is 0 Å². The Hall–Kier alpha value is -0.840. The van der Waals surface area contributed by atoms with Crippen LogP contribution in [0.1, 0.15) is 0 Å². The molecule has 1 N–H and O–H groups in total. The lowest BCUT2D eigenvalue weighted by atomic mass is 10.4. The van der Waals surface area contributed by atoms with Gasteiger partial charge in [0, 0.05) is 19.8 Å². The summed E-state index contributed by atoms with van der Waals surface area (Å²) in [5, 5.41) is 20.6. The van der Waals surface area contributed by atoms with Crippen molar-refractivity contribution >= 4 is 28.2 Å². The normalized spacial score (nSPS) is 12.1. The Bertz CT molecular complexity index is 343. The molecule has 0 aromatic carbocycles. The first-order valence-electron chi connectivity index (χ1n) is 4.38. The Balaban J connectivity index is 2.48. The van der Waals surface area contributed by atoms with Crippen molar-refractivity contribution in [2.75, 3.05) is 31.8 Å². The molecule has 0 radical (unpaired) electrons. The summed E-state index contributed by atoms with van der Waals surface area (Å²) in [5.41, 5.74) is 0. The average Bonchev–Trinajstić information content (AvgIpc) is 2.68. The third-order valence-corrected chi connectivity index (χ3v) is 3.97. The molecule has 82 valence electrons. The minimum Gasteiger partial charge on any atom is -0.353 e. The van der Waals surface area contributed by atoms with Crippen molar-refractivity contribution < 1.29 is 0 Å². The number of hydrogen-bond donors (Lipinski definition) is 1. The number of anilines is 1. The summed E-state index contributed by atoms with van der Waals surface area (Å²) in [6, 6.07) is 2.03. The first-order valence-corrected chi connectivity index (χ1v) is 6.18. The van der Waals surface area contributed by atoms with E-state index in [9.17, 15) is 0 Å². The zero-order valence-corrected chi connectivity index (χ0v) is 10.5. The van der Waals surface area contributed by atoms with E-state index < -0.39 is 0 Å². The van der Waals surface area contributed by atoms with Crippen molar-refractivity contribution in [2.45, 2.75) is 10.4 Å². The first kappa shape index (κ1) is 12.2. The zero-order chi connectivity index (χ0) is 11.3. The van der Waals surface area contributed by atoms with Crippen LogP contribution in [0.3, 0.4) is 0 Å². The summed E-state index contributed by atoms with van der Waals surface area (Å²) in [6.07, 6.45) is 0. The monoisotopic (exact) mass is 243 g/mol. The molecule has 1 atom stereocenters. The summed E-state index contributed by atoms with van der Waals surface area (Å²) in [4.78, 5) is 1.92. The van der Waals surface area contributed by atoms with Gasteiger partial charge in [0.05, 0.1) is 6.07 Å². The number of hydrogen-bond acceptors (Lipinski definition) is 7. The SMILES string of the molecule is CNC(C#N)CSc1nnc(N(C)C)s1. The van der Waals surface area contributed by atoms with Crippen molar-refractivity contribution in [1.29, 1.82) is 5.26 Å². The predicted octanol–water partition coefficient (Wildman–Crippen LogP) is 0.808. The van der Waals surface area contributed by atoms with Gasteiger partial charge in [0.2, 0.25) is 5.13 Å². The van der Waals surface area contributed by atoms with Gasteiger partial charge in [-0.2, -0.15) is 5.26 Å². The Morgan fingerprint density at radius 3 is 2.80 bits per heavy atom. The van der Waals surface area contributed by atoms with Gasteiger partial charge >= 0.3 is 0 Å². The van der Waals surface area contributed by atoms with Crippen LogP contribution in [0.25, 0.3) is 0 Å². The van der Waals surface area contributed by atoms with Crippen molar-refractivity contribution in [3.8, 4) is 6.07 Å². The van der Waals surface area contributed by atoms with Gasteiger partial charge in [0.25, 0.3) is 0 Å². The van der Waals surface area contributed by atoms with Gasteiger partial charge in [0.15, 0.2) is 4.34 Å². The Morgan fingerprint density at radius 2 is 2.33 bits per heavy atom. The van der Waals surface area contributed by atoms with Gasteiger partial charge in [0.1, 0.15) is 6.04 Å². The van der Waals surface area contributed by atoms with Crippen LogP contribution in [0, 0.1) is 11.3 Å². The number of aromatic nitrogens is 2. The van der Waals surface area contributed by atoms with Crippen LogP contribution in [-0.4, -0.2) is 43.1 Å². The number of thioether (sulfide) groups is 1. The molecule has 1 aromatic rings. The second-order valence-electron chi connectivity index (χ2n) is 3.03. The van der Waals surface area contributed by atoms with Crippen LogP contribution in [0.4, 0.5) is 5.13 Å². The van der Waals surface area contributed by atoms with Crippen molar-refractivity contribution in [3.05, 3.63) is 0 Å². The fourth-order valence-electron chi connectivity index (χ4n) is 0.781. The zero-order valence-electron chi connectivity index (χ0n) is 8.89. The third kappa shape index (κ3) is 3.66. The summed E-state index contributed by atoms with van der Waals surface area (Å²) in [5.74, 6) is 0.690. The van der Waals surface area contributed by atoms with Crippen molar-refractivity contribution in [3.63, 3.8) is 0 Å². The van der Waals surface area contributed by atoms with Crippen LogP contribution in [0.2, 0.25) is 0 Å². The van der Waals surface area contributed by atoms with Crippen molar-refractivity contribution in [2.24, 2.45) is 0 Å². The van der Waals surface area contributed by atoms with Gasteiger partial charge in [-0.1, -0.05) is 23.1 Å². The minimum absolute atomic E-state index is 0.137. The van der Waals surface area contributed by atoms with Crippen LogP contribution < -0.4 is 10.2 Å². The molecular formula is C8H13N5S2. The molecule has 1 heterocycles. The minimum atomic E-state index is -0.137. The Labute approximate surface area is 97.5 Å². The van der Waals surface area contributed by atoms with E-state index in [1.54, 1.807) is 18.8 Å². The molecule has 0 aliphatic heterocycles. The number of nitrogens with zero attached hydrogens (tertiary/aromatic N) is 4. The van der Waals surface area contributed by atoms with Crippen LogP contribution in [-0.2, 0) is 0 Å². The molecule has 5 nitrogen and oxygen atoms in total. The molecule has 1 rings (SSSR count). The molecule has 0 aliphatic carbocycles. The number of nitrogens with one attached hydrogen (secondary N) is 1. The Morgan fingerprint density at radius 1 is 1.60 bits per heavy atom. The van der Waals surface area contributed by atoms with E-state index >= 15 is 0 Å². The fraction of sp³-hybridized carbons (Fsp3) is 0.625. The summed E-state index contributed by atoms with van der Waals surface area (Å²) < 4.78 is 0.897. The molecule has 0 saturated heterocycles. The molecule has 0 spiro atoms. The highest BCUT2D eigenvalue weighted by atomic mass is 32.2. The maximum Gasteiger partial charge on any atom is 0.208 e. The average molecular weight is 243 g/mol. The summed E-state index contributed by atoms with van der Waals surface area (Å²) in [7, 11) is 5.64. The van der Waals surface area contributed by atoms with Gasteiger partial charge in [-0.15, -0.1) is 10.2 Å². The van der Waals surface area contributed by atoms with Gasteiger partial charge in [-0.3, -0.25) is 0 Å². The van der Waals surface area contributed by atoms with E-state index in [2.05, 4.69) is 21.6 Å². The smallest absolute Gasteiger partial charge is 0.208 e. The largest absolute Gasteiger partial charge is 0.353 e. The summed E-state index contributed by atoms with van der Waals surface area (Å²) >= 11 is 3.08. The van der Waals surface area contributed by atoms with Crippen LogP contribution in [0.5, 0.6) is 0 Å². The number of nitriles is 1. The molecule has 0 saturated carbocycles. The topological polar surface area (TPSA) is 64.8 Å². The molecule has 1 unspecified atom stereocenters. The predicted molar refractivity (Wildman–Crippen MR) is 63.4 cm³/mol. The molecule has 15 heavy (non-hydrogen) atoms. The quantitative estimate of drug-likeness (QED) is 0.772. The molecular weight excluding hydrogens is 230 g/mol. The van der Waals surface area contributed by atoms with Crippen LogP contribution >= 0.6 is 23.1 Å². The van der Waals surface area contributed by atoms with Crippen molar-refractivity contribution in [1.82, 2.24) is 15.5 Å². The molecule has 1 aromatic heterocycles. The Kier molecular flexibility index (Phi) is 4.81. The molecule has 0 aliphatic rings. The lowest BCUT2D eigenvalue weighted by Gasteiger charge is -2.04. The second-order valence-corrected chi connectivity index (χ2v) is 5.25. The second kappa shape index (κ2) is 5.90. The van der Waals surface area contributed by atoms with Gasteiger partial charge in [-0.05, 0) is 7.05 Å². The molecule has 0 fully saturated rings. The molecule has 0 bridgehead atoms. The van der Waals surface area contributed by atoms with E-state index in [1.807, 2.05) is 19.0 Å². The lowest BCUT2D eigenvalue weighted by Crippen LogP contribution is -2.25. The van der Waals surface area contributed by atoms with E-state index in [1.165, 1.54) is 11.3 Å². The standard InChI is InChI=1S/C8H13N5S2/c1-10-6(4-9)5-14-8-12-11-7(15-8)13(2)3/h6,10H,5H2,1-3H3. The fourth-order valence-corrected chi connectivity index (χ4v) is 2.60. The highest BCUT2D eigenvalue weighted by molar-refractivity contribution is 8.01. The molecule has 7 heteroatoms. The highest BCUT2D eigenvalue weighted by Crippen LogP contribution is 2.26. The maximum atomic E-state index is 8.73. The van der Waals surface area contributed by atoms with E-state index in [0.29, 0.717) is 5.75 Å².